The molecule has 0 amide bonds. The smallest absolute Gasteiger partial charge is 0.138 e. The molecule has 0 radical (unpaired) electrons. The van der Waals surface area contributed by atoms with E-state index < -0.39 is 0 Å². The third kappa shape index (κ3) is 8.07. The van der Waals surface area contributed by atoms with Gasteiger partial charge in [0.15, 0.2) is 0 Å². The molecule has 2 aromatic rings. The van der Waals surface area contributed by atoms with Crippen molar-refractivity contribution in [2.75, 3.05) is 0 Å². The van der Waals surface area contributed by atoms with Crippen molar-refractivity contribution in [3.8, 4) is 11.3 Å². The third-order valence-corrected chi connectivity index (χ3v) is 4.66. The Morgan fingerprint density at radius 1 is 0.963 bits per heavy atom. The normalized spacial score (nSPS) is 14.3. The van der Waals surface area contributed by atoms with Gasteiger partial charge in [-0.25, -0.2) is 0 Å². The average molecular weight is 366 g/mol. The largest absolute Gasteiger partial charge is 0.299 e. The Hall–Kier alpha value is -1.96. The second kappa shape index (κ2) is 8.82. The standard InChI is InChI=1S/C16H19N.C9H16O/c1-16(2,3)12-13-7-9-14(10-8-13)15-6-4-5-11-17-15;1-9(2,3)8(10)6-7-4-5-7/h4-11H,12H2,1-3H3;7H,4-6H2,1-3H3. The maximum atomic E-state index is 11.3. The number of aromatic nitrogens is 1. The van der Waals surface area contributed by atoms with Gasteiger partial charge in [0.2, 0.25) is 0 Å². The van der Waals surface area contributed by atoms with E-state index >= 15 is 0 Å². The van der Waals surface area contributed by atoms with E-state index in [-0.39, 0.29) is 5.41 Å². The molecule has 1 aliphatic rings. The van der Waals surface area contributed by atoms with Crippen LogP contribution < -0.4 is 0 Å². The van der Waals surface area contributed by atoms with Crippen LogP contribution in [0, 0.1) is 16.7 Å². The lowest BCUT2D eigenvalue weighted by Crippen LogP contribution is -2.20. The number of ketones is 1. The monoisotopic (exact) mass is 365 g/mol. The molecule has 2 heteroatoms. The molecule has 1 aromatic heterocycles. The zero-order chi connectivity index (χ0) is 20.1. The van der Waals surface area contributed by atoms with Crippen LogP contribution in [0.1, 0.15) is 66.4 Å². The van der Waals surface area contributed by atoms with Gasteiger partial charge in [-0.3, -0.25) is 9.78 Å². The molecule has 1 saturated carbocycles. The van der Waals surface area contributed by atoms with Crippen LogP contribution in [-0.4, -0.2) is 10.8 Å². The van der Waals surface area contributed by atoms with Gasteiger partial charge >= 0.3 is 0 Å². The van der Waals surface area contributed by atoms with Gasteiger partial charge in [0.05, 0.1) is 5.69 Å². The Kier molecular flexibility index (Phi) is 6.97. The van der Waals surface area contributed by atoms with Crippen LogP contribution >= 0.6 is 0 Å². The van der Waals surface area contributed by atoms with Crippen molar-refractivity contribution in [2.24, 2.45) is 16.7 Å². The first-order valence-electron chi connectivity index (χ1n) is 10.1. The maximum Gasteiger partial charge on any atom is 0.138 e. The lowest BCUT2D eigenvalue weighted by molar-refractivity contribution is -0.126. The van der Waals surface area contributed by atoms with Crippen LogP contribution in [0.5, 0.6) is 0 Å². The zero-order valence-electron chi connectivity index (χ0n) is 17.9. The summed E-state index contributed by atoms with van der Waals surface area (Å²) in [4.78, 5) is 15.7. The van der Waals surface area contributed by atoms with Crippen LogP contribution in [0.2, 0.25) is 0 Å². The first-order chi connectivity index (χ1) is 12.5. The molecule has 0 spiro atoms. The second-order valence-corrected chi connectivity index (χ2v) is 9.97. The minimum absolute atomic E-state index is 0.109. The van der Waals surface area contributed by atoms with Crippen molar-refractivity contribution in [3.63, 3.8) is 0 Å². The lowest BCUT2D eigenvalue weighted by Gasteiger charge is -2.18. The van der Waals surface area contributed by atoms with Crippen molar-refractivity contribution >= 4 is 5.78 Å². The first-order valence-corrected chi connectivity index (χ1v) is 10.1. The predicted molar refractivity (Wildman–Crippen MR) is 115 cm³/mol. The summed E-state index contributed by atoms with van der Waals surface area (Å²) in [6.07, 6.45) is 6.32. The van der Waals surface area contributed by atoms with Gasteiger partial charge in [-0.1, -0.05) is 71.9 Å². The number of carbonyl (C=O) groups is 1. The fourth-order valence-electron chi connectivity index (χ4n) is 2.83. The molecule has 0 unspecified atom stereocenters. The van der Waals surface area contributed by atoms with E-state index in [1.165, 1.54) is 24.0 Å². The van der Waals surface area contributed by atoms with Crippen LogP contribution in [0.3, 0.4) is 0 Å². The molecule has 2 nitrogen and oxygen atoms in total. The number of hydrogen-bond acceptors (Lipinski definition) is 2. The minimum atomic E-state index is -0.109. The number of benzene rings is 1. The molecule has 0 saturated heterocycles. The molecule has 1 fully saturated rings. The molecule has 1 aromatic carbocycles. The Bertz CT molecular complexity index is 714. The van der Waals surface area contributed by atoms with Crippen molar-refractivity contribution < 1.29 is 4.79 Å². The van der Waals surface area contributed by atoms with E-state index in [4.69, 9.17) is 0 Å². The van der Waals surface area contributed by atoms with Crippen molar-refractivity contribution in [1.82, 2.24) is 4.98 Å². The van der Waals surface area contributed by atoms with Gasteiger partial charge in [-0.2, -0.15) is 0 Å². The van der Waals surface area contributed by atoms with Crippen LogP contribution in [0.15, 0.2) is 48.7 Å². The van der Waals surface area contributed by atoms with Crippen molar-refractivity contribution in [2.45, 2.75) is 67.2 Å². The average Bonchev–Trinajstić information content (AvgIpc) is 3.39. The summed E-state index contributed by atoms with van der Waals surface area (Å²) in [6.45, 7) is 12.8. The van der Waals surface area contributed by atoms with E-state index in [0.717, 1.165) is 24.5 Å². The summed E-state index contributed by atoms with van der Waals surface area (Å²) >= 11 is 0. The fraction of sp³-hybridized carbons (Fsp3) is 0.520. The Balaban J connectivity index is 0.000000223. The molecule has 0 atom stereocenters. The summed E-state index contributed by atoms with van der Waals surface area (Å²) in [6, 6.07) is 14.7. The number of carbonyl (C=O) groups excluding carboxylic acids is 1. The van der Waals surface area contributed by atoms with E-state index in [9.17, 15) is 4.79 Å². The summed E-state index contributed by atoms with van der Waals surface area (Å²) in [7, 11) is 0. The van der Waals surface area contributed by atoms with Gasteiger partial charge in [0.25, 0.3) is 0 Å². The highest BCUT2D eigenvalue weighted by molar-refractivity contribution is 5.84. The number of rotatable bonds is 4. The van der Waals surface area contributed by atoms with Gasteiger partial charge in [0.1, 0.15) is 5.78 Å². The highest BCUT2D eigenvalue weighted by atomic mass is 16.1. The van der Waals surface area contributed by atoms with Crippen molar-refractivity contribution in [1.29, 1.82) is 0 Å². The van der Waals surface area contributed by atoms with Crippen molar-refractivity contribution in [3.05, 3.63) is 54.2 Å². The lowest BCUT2D eigenvalue weighted by atomic mass is 9.88. The molecule has 0 N–H and O–H groups in total. The number of hydrogen-bond donors (Lipinski definition) is 0. The molecule has 1 heterocycles. The van der Waals surface area contributed by atoms with E-state index in [2.05, 4.69) is 50.0 Å². The molecule has 1 aliphatic carbocycles. The summed E-state index contributed by atoms with van der Waals surface area (Å²) in [5.74, 6) is 1.17. The number of pyridine rings is 1. The van der Waals surface area contributed by atoms with Crippen LogP contribution in [0.4, 0.5) is 0 Å². The van der Waals surface area contributed by atoms with Gasteiger partial charge in [0, 0.05) is 23.6 Å². The predicted octanol–water partition coefficient (Wildman–Crippen LogP) is 6.74. The fourth-order valence-corrected chi connectivity index (χ4v) is 2.83. The van der Waals surface area contributed by atoms with Crippen LogP contribution in [0.25, 0.3) is 11.3 Å². The van der Waals surface area contributed by atoms with Gasteiger partial charge in [-0.05, 0) is 48.3 Å². The summed E-state index contributed by atoms with van der Waals surface area (Å²) < 4.78 is 0. The zero-order valence-corrected chi connectivity index (χ0v) is 17.9. The summed E-state index contributed by atoms with van der Waals surface area (Å²) in [5.41, 5.74) is 3.84. The number of nitrogens with zero attached hydrogens (tertiary/aromatic N) is 1. The van der Waals surface area contributed by atoms with E-state index in [0.29, 0.717) is 11.2 Å². The molecular weight excluding hydrogens is 330 g/mol. The highest BCUT2D eigenvalue weighted by Crippen LogP contribution is 2.35. The number of Topliss-reactive ketones (excluding diaryl/α,β-unsaturated/α-hetero) is 1. The second-order valence-electron chi connectivity index (χ2n) is 9.97. The highest BCUT2D eigenvalue weighted by Gasteiger charge is 2.29. The first kappa shape index (κ1) is 21.3. The maximum absolute atomic E-state index is 11.3. The minimum Gasteiger partial charge on any atom is -0.299 e. The molecule has 3 rings (SSSR count). The van der Waals surface area contributed by atoms with E-state index in [1.54, 1.807) is 0 Å². The summed E-state index contributed by atoms with van der Waals surface area (Å²) in [5, 5.41) is 0. The Morgan fingerprint density at radius 3 is 2.04 bits per heavy atom. The van der Waals surface area contributed by atoms with E-state index in [1.807, 2.05) is 45.2 Å². The van der Waals surface area contributed by atoms with Gasteiger partial charge in [-0.15, -0.1) is 0 Å². The van der Waals surface area contributed by atoms with Crippen LogP contribution in [-0.2, 0) is 11.2 Å². The SMILES string of the molecule is CC(C)(C)C(=O)CC1CC1.CC(C)(C)Cc1ccc(-c2ccccn2)cc1. The van der Waals surface area contributed by atoms with Gasteiger partial charge < -0.3 is 0 Å². The molecule has 0 aliphatic heterocycles. The third-order valence-electron chi connectivity index (χ3n) is 4.66. The molecule has 146 valence electrons. The molecule has 27 heavy (non-hydrogen) atoms. The quantitative estimate of drug-likeness (QED) is 0.600. The molecular formula is C25H35NO. The Morgan fingerprint density at radius 2 is 1.59 bits per heavy atom. The topological polar surface area (TPSA) is 30.0 Å². The Labute approximate surface area is 165 Å². The molecule has 0 bridgehead atoms.